The van der Waals surface area contributed by atoms with Crippen molar-refractivity contribution in [1.29, 1.82) is 0 Å². The number of ketones is 2. The molecule has 2 aromatic rings. The van der Waals surface area contributed by atoms with Crippen LogP contribution >= 0.6 is 22.7 Å². The molecule has 400 valence electrons. The summed E-state index contributed by atoms with van der Waals surface area (Å²) in [5.74, 6) is -7.82. The van der Waals surface area contributed by atoms with Gasteiger partial charge in [0, 0.05) is 45.8 Å². The fourth-order valence-corrected chi connectivity index (χ4v) is 17.7. The normalized spacial score (nSPS) is 20.4. The Morgan fingerprint density at radius 2 is 1.01 bits per heavy atom. The van der Waals surface area contributed by atoms with Crippen molar-refractivity contribution < 1.29 is 96.1 Å². The SMILES string of the molecule is CC(=O)O[C@@H](C)C(=O)O.CCN(C(=O)[C@H](C)OC(C)=O)[C@H]1C[C@H](C)S(=O)(=O)c2sc(S(=O)(=O)CC(=O)[C@H](C)OC(C)=O)cc21.CCN[C@H]1C[C@H](C)S(=O)(=O)c2sc(S(=O)(=O)CC(=O)[C@H](C)OC(C)=O)cc21. The molecule has 2 aliphatic heterocycles. The molecule has 0 aromatic carbocycles. The number of hydrogen-bond donors (Lipinski definition) is 2. The van der Waals surface area contributed by atoms with Crippen molar-refractivity contribution in [3.8, 4) is 0 Å². The van der Waals surface area contributed by atoms with Gasteiger partial charge in [0.25, 0.3) is 5.91 Å². The van der Waals surface area contributed by atoms with Gasteiger partial charge in [0.15, 0.2) is 75.3 Å². The molecule has 23 nitrogen and oxygen atoms in total. The van der Waals surface area contributed by atoms with Crippen molar-refractivity contribution >= 4 is 109 Å². The number of nitrogens with one attached hydrogen (secondary N) is 1. The monoisotopic (exact) mass is 1120 g/mol. The average Bonchev–Trinajstić information content (AvgIpc) is 3.91. The minimum absolute atomic E-state index is 0.0142. The van der Waals surface area contributed by atoms with E-state index in [0.29, 0.717) is 41.2 Å². The summed E-state index contributed by atoms with van der Waals surface area (Å²) in [6.45, 7) is 17.1. The maximum atomic E-state index is 13.0. The number of carboxylic acid groups (broad SMARTS) is 1. The zero-order valence-corrected chi connectivity index (χ0v) is 45.9. The number of amides is 1. The topological polar surface area (TPSA) is 346 Å². The van der Waals surface area contributed by atoms with Crippen LogP contribution in [-0.2, 0) is 96.7 Å². The van der Waals surface area contributed by atoms with Crippen LogP contribution in [0.15, 0.2) is 29.0 Å². The molecule has 71 heavy (non-hydrogen) atoms. The lowest BCUT2D eigenvalue weighted by Crippen LogP contribution is -2.44. The Morgan fingerprint density at radius 1 is 0.648 bits per heavy atom. The summed E-state index contributed by atoms with van der Waals surface area (Å²) >= 11 is 1.20. The van der Waals surface area contributed by atoms with Gasteiger partial charge in [0.1, 0.15) is 28.3 Å². The molecular weight excluding hydrogens is 1060 g/mol. The molecule has 4 heterocycles. The van der Waals surface area contributed by atoms with Crippen LogP contribution in [0.1, 0.15) is 119 Å². The van der Waals surface area contributed by atoms with Crippen LogP contribution < -0.4 is 5.32 Å². The van der Waals surface area contributed by atoms with Crippen LogP contribution in [0.5, 0.6) is 0 Å². The number of thiophene rings is 2. The summed E-state index contributed by atoms with van der Waals surface area (Å²) in [4.78, 5) is 92.1. The summed E-state index contributed by atoms with van der Waals surface area (Å²) in [6, 6.07) is 1.48. The number of carbonyl (C=O) groups excluding carboxylic acids is 7. The lowest BCUT2D eigenvalue weighted by Gasteiger charge is -2.36. The number of esters is 4. The van der Waals surface area contributed by atoms with Gasteiger partial charge in [-0.25, -0.2) is 38.5 Å². The number of Topliss-reactive ketones (excluding diaryl/α,β-unsaturated/α-hetero) is 2. The van der Waals surface area contributed by atoms with Crippen LogP contribution in [0.4, 0.5) is 0 Å². The van der Waals surface area contributed by atoms with E-state index in [4.69, 9.17) is 19.3 Å². The number of aliphatic carboxylic acids is 1. The van der Waals surface area contributed by atoms with Crippen LogP contribution in [0, 0.1) is 0 Å². The summed E-state index contributed by atoms with van der Waals surface area (Å²) in [5, 5.41) is 9.79. The summed E-state index contributed by atoms with van der Waals surface area (Å²) in [6.07, 6.45) is -4.27. The first-order valence-corrected chi connectivity index (χ1v) is 29.7. The number of fused-ring (bicyclic) bond motifs is 2. The van der Waals surface area contributed by atoms with E-state index in [0.717, 1.165) is 20.8 Å². The van der Waals surface area contributed by atoms with Gasteiger partial charge >= 0.3 is 29.8 Å². The molecular formula is C42H60N2O21S6. The Bertz CT molecular complexity index is 2810. The molecule has 0 saturated carbocycles. The number of nitrogens with zero attached hydrogens (tertiary/aromatic N) is 1. The number of ether oxygens (including phenoxy) is 4. The summed E-state index contributed by atoms with van der Waals surface area (Å²) in [5.41, 5.74) is 0.566. The van der Waals surface area contributed by atoms with E-state index >= 15 is 0 Å². The molecule has 29 heteroatoms. The Balaban J connectivity index is 0.000000424. The van der Waals surface area contributed by atoms with Crippen LogP contribution in [0.25, 0.3) is 0 Å². The quantitative estimate of drug-likeness (QED) is 0.160. The standard InChI is InChI=1S/C21H29NO10S3.C16H23NO7S3.C5H8O4/c1-7-22(20(26)13(4)32-15(6)24)17-8-11(2)35(29,30)21-16(17)9-19(33-21)34(27,28)10-18(25)12(3)31-14(5)23;1-5-17-13-6-9(2)27(22,23)16-12(13)7-15(25-16)26(20,21)8-14(19)10(3)24-11(4)18;1-3(5(7)8)9-4(2)6/h9,11-13,17H,7-8,10H2,1-6H3;7,9-10,13,17H,5-6,8H2,1-4H3;3H,1-2H3,(H,7,8)/t11-,12-,13-,17-;9-,10-,13-;3-/m000/s1. The third-order valence-corrected chi connectivity index (χ3v) is 22.7. The van der Waals surface area contributed by atoms with Crippen LogP contribution in [0.3, 0.4) is 0 Å². The number of carbonyl (C=O) groups is 8. The minimum atomic E-state index is -4.27. The largest absolute Gasteiger partial charge is 0.479 e. The van der Waals surface area contributed by atoms with Gasteiger partial charge in [-0.2, -0.15) is 0 Å². The predicted molar refractivity (Wildman–Crippen MR) is 254 cm³/mol. The Morgan fingerprint density at radius 3 is 1.38 bits per heavy atom. The molecule has 0 unspecified atom stereocenters. The van der Waals surface area contributed by atoms with E-state index in [-0.39, 0.29) is 41.4 Å². The molecule has 0 fully saturated rings. The first-order chi connectivity index (χ1) is 32.5. The number of carboxylic acids is 1. The molecule has 4 rings (SSSR count). The molecule has 8 atom stereocenters. The molecule has 0 radical (unpaired) electrons. The Labute approximate surface area is 421 Å². The van der Waals surface area contributed by atoms with E-state index < -0.39 is 139 Å². The Hall–Kier alpha value is -4.68. The Kier molecular flexibility index (Phi) is 22.3. The van der Waals surface area contributed by atoms with Gasteiger partial charge in [-0.15, -0.1) is 22.7 Å². The van der Waals surface area contributed by atoms with Crippen LogP contribution in [-0.4, -0.2) is 151 Å². The lowest BCUT2D eigenvalue weighted by molar-refractivity contribution is -0.161. The number of rotatable bonds is 18. The molecule has 0 aliphatic carbocycles. The van der Waals surface area contributed by atoms with E-state index in [9.17, 15) is 72.0 Å². The average molecular weight is 1120 g/mol. The van der Waals surface area contributed by atoms with E-state index in [1.165, 1.54) is 58.6 Å². The third-order valence-electron chi connectivity index (χ3n) is 10.5. The highest BCUT2D eigenvalue weighted by molar-refractivity contribution is 7.97. The van der Waals surface area contributed by atoms with Crippen molar-refractivity contribution in [1.82, 2.24) is 10.2 Å². The molecule has 1 amide bonds. The van der Waals surface area contributed by atoms with E-state index in [1.54, 1.807) is 13.8 Å². The molecule has 0 saturated heterocycles. The maximum Gasteiger partial charge on any atom is 0.344 e. The first kappa shape index (κ1) is 62.4. The third kappa shape index (κ3) is 16.4. The van der Waals surface area contributed by atoms with Crippen molar-refractivity contribution in [2.75, 3.05) is 24.6 Å². The number of likely N-dealkylation sites (N-methyl/N-ethyl adjacent to an activating group) is 1. The van der Waals surface area contributed by atoms with Gasteiger partial charge < -0.3 is 34.3 Å². The van der Waals surface area contributed by atoms with E-state index in [2.05, 4.69) is 10.1 Å². The highest BCUT2D eigenvalue weighted by Gasteiger charge is 2.44. The maximum absolute atomic E-state index is 13.0. The van der Waals surface area contributed by atoms with Crippen molar-refractivity contribution in [2.45, 2.75) is 160 Å². The van der Waals surface area contributed by atoms with Crippen LogP contribution in [0.2, 0.25) is 0 Å². The second-order valence-electron chi connectivity index (χ2n) is 16.3. The van der Waals surface area contributed by atoms with Gasteiger partial charge in [-0.3, -0.25) is 33.6 Å². The molecule has 2 aromatic heterocycles. The molecule has 0 spiro atoms. The second-order valence-corrected chi connectivity index (χ2v) is 28.0. The lowest BCUT2D eigenvalue weighted by atomic mass is 10.0. The molecule has 2 N–H and O–H groups in total. The molecule has 2 aliphatic rings. The first-order valence-electron chi connectivity index (χ1n) is 21.7. The number of sulfone groups is 4. The van der Waals surface area contributed by atoms with Crippen molar-refractivity contribution in [3.63, 3.8) is 0 Å². The van der Waals surface area contributed by atoms with Gasteiger partial charge in [0.05, 0.1) is 16.5 Å². The minimum Gasteiger partial charge on any atom is -0.479 e. The van der Waals surface area contributed by atoms with Crippen molar-refractivity contribution in [3.05, 3.63) is 23.3 Å². The predicted octanol–water partition coefficient (Wildman–Crippen LogP) is 2.73. The summed E-state index contributed by atoms with van der Waals surface area (Å²) < 4.78 is 121. The zero-order valence-electron chi connectivity index (χ0n) is 41.0. The van der Waals surface area contributed by atoms with E-state index in [1.807, 2.05) is 6.92 Å². The smallest absolute Gasteiger partial charge is 0.344 e. The summed E-state index contributed by atoms with van der Waals surface area (Å²) in [7, 11) is -15.8. The zero-order chi connectivity index (χ0) is 54.9. The fraction of sp³-hybridized carbons (Fsp3) is 0.619. The highest BCUT2D eigenvalue weighted by atomic mass is 32.3. The van der Waals surface area contributed by atoms with Gasteiger partial charge in [-0.1, -0.05) is 6.92 Å². The second kappa shape index (κ2) is 25.3. The van der Waals surface area contributed by atoms with Gasteiger partial charge in [0.2, 0.25) is 0 Å². The fourth-order valence-electron chi connectivity index (χ4n) is 6.95. The van der Waals surface area contributed by atoms with Crippen molar-refractivity contribution in [2.24, 2.45) is 0 Å². The number of hydrogen-bond acceptors (Lipinski definition) is 23. The highest BCUT2D eigenvalue weighted by Crippen LogP contribution is 2.46. The molecule has 0 bridgehead atoms. The van der Waals surface area contributed by atoms with Gasteiger partial charge in [-0.05, 0) is 85.5 Å².